The minimum Gasteiger partial charge on any atom is -0.338 e. The van der Waals surface area contributed by atoms with Crippen molar-refractivity contribution in [1.29, 1.82) is 0 Å². The van der Waals surface area contributed by atoms with Gasteiger partial charge in [-0.1, -0.05) is 29.8 Å². The molecule has 0 aliphatic rings. The number of thiazole rings is 1. The Labute approximate surface area is 129 Å². The van der Waals surface area contributed by atoms with E-state index < -0.39 is 0 Å². The normalized spacial score (nSPS) is 12.0. The fourth-order valence-corrected chi connectivity index (χ4v) is 2.87. The van der Waals surface area contributed by atoms with Crippen molar-refractivity contribution in [1.82, 2.24) is 15.6 Å². The van der Waals surface area contributed by atoms with Crippen LogP contribution in [0.2, 0.25) is 0 Å². The summed E-state index contributed by atoms with van der Waals surface area (Å²) in [6, 6.07) is 8.11. The molecular weight excluding hydrogens is 282 g/mol. The summed E-state index contributed by atoms with van der Waals surface area (Å²) >= 11 is 1.57. The van der Waals surface area contributed by atoms with Gasteiger partial charge in [0.1, 0.15) is 5.01 Å². The van der Waals surface area contributed by atoms with Gasteiger partial charge in [-0.05, 0) is 32.8 Å². The number of nitrogens with one attached hydrogen (secondary N) is 2. The number of aryl methyl sites for hydroxylation is 2. The zero-order valence-corrected chi connectivity index (χ0v) is 13.5. The Kier molecular flexibility index (Phi) is 5.33. The quantitative estimate of drug-likeness (QED) is 0.890. The average molecular weight is 303 g/mol. The molecule has 0 spiro atoms. The standard InChI is InChI=1S/C16H21N3OS/c1-11-5-4-6-14(9-11)7-8-17-16(20)19-13(3)15-18-12(2)10-21-15/h4-6,9-10,13H,7-8H2,1-3H3,(H2,17,19,20). The molecule has 1 aromatic heterocycles. The van der Waals surface area contributed by atoms with Gasteiger partial charge in [0.05, 0.1) is 6.04 Å². The van der Waals surface area contributed by atoms with E-state index in [-0.39, 0.29) is 12.1 Å². The number of urea groups is 1. The smallest absolute Gasteiger partial charge is 0.315 e. The van der Waals surface area contributed by atoms with Crippen molar-refractivity contribution in [3.8, 4) is 0 Å². The third-order valence-electron chi connectivity index (χ3n) is 3.14. The van der Waals surface area contributed by atoms with Crippen molar-refractivity contribution in [3.05, 3.63) is 51.5 Å². The molecule has 0 radical (unpaired) electrons. The molecule has 0 bridgehead atoms. The predicted octanol–water partition coefficient (Wildman–Crippen LogP) is 3.36. The van der Waals surface area contributed by atoms with Crippen LogP contribution in [0.15, 0.2) is 29.6 Å². The predicted molar refractivity (Wildman–Crippen MR) is 86.7 cm³/mol. The molecule has 2 amide bonds. The lowest BCUT2D eigenvalue weighted by Crippen LogP contribution is -2.38. The molecule has 0 aliphatic heterocycles. The van der Waals surface area contributed by atoms with Gasteiger partial charge in [0.15, 0.2) is 0 Å². The topological polar surface area (TPSA) is 54.0 Å². The fourth-order valence-electron chi connectivity index (χ4n) is 2.07. The highest BCUT2D eigenvalue weighted by molar-refractivity contribution is 7.09. The number of amides is 2. The fraction of sp³-hybridized carbons (Fsp3) is 0.375. The van der Waals surface area contributed by atoms with Gasteiger partial charge in [-0.3, -0.25) is 0 Å². The Morgan fingerprint density at radius 3 is 2.86 bits per heavy atom. The number of nitrogens with zero attached hydrogens (tertiary/aromatic N) is 1. The summed E-state index contributed by atoms with van der Waals surface area (Å²) < 4.78 is 0. The molecule has 21 heavy (non-hydrogen) atoms. The maximum atomic E-state index is 11.8. The lowest BCUT2D eigenvalue weighted by Gasteiger charge is -2.12. The van der Waals surface area contributed by atoms with E-state index in [9.17, 15) is 4.79 Å². The first kappa shape index (κ1) is 15.5. The Balaban J connectivity index is 1.75. The first-order valence-corrected chi connectivity index (χ1v) is 7.94. The summed E-state index contributed by atoms with van der Waals surface area (Å²) in [5.41, 5.74) is 3.46. The first-order chi connectivity index (χ1) is 10.0. The van der Waals surface area contributed by atoms with Crippen LogP contribution in [0.25, 0.3) is 0 Å². The van der Waals surface area contributed by atoms with Gasteiger partial charge in [-0.25, -0.2) is 9.78 Å². The maximum absolute atomic E-state index is 11.8. The molecule has 112 valence electrons. The minimum absolute atomic E-state index is 0.0670. The summed E-state index contributed by atoms with van der Waals surface area (Å²) in [6.07, 6.45) is 0.833. The Morgan fingerprint density at radius 1 is 1.38 bits per heavy atom. The number of aromatic nitrogens is 1. The van der Waals surface area contributed by atoms with Gasteiger partial charge in [-0.2, -0.15) is 0 Å². The highest BCUT2D eigenvalue weighted by Gasteiger charge is 2.11. The molecule has 5 heteroatoms. The van der Waals surface area contributed by atoms with Crippen molar-refractivity contribution in [2.45, 2.75) is 33.2 Å². The van der Waals surface area contributed by atoms with Crippen molar-refractivity contribution >= 4 is 17.4 Å². The van der Waals surface area contributed by atoms with Gasteiger partial charge in [0, 0.05) is 17.6 Å². The number of hydrogen-bond acceptors (Lipinski definition) is 3. The first-order valence-electron chi connectivity index (χ1n) is 7.06. The highest BCUT2D eigenvalue weighted by Crippen LogP contribution is 2.17. The second kappa shape index (κ2) is 7.22. The second-order valence-corrected chi connectivity index (χ2v) is 6.08. The molecule has 1 aromatic carbocycles. The van der Waals surface area contributed by atoms with E-state index in [1.165, 1.54) is 11.1 Å². The van der Waals surface area contributed by atoms with Crippen molar-refractivity contribution in [3.63, 3.8) is 0 Å². The molecule has 1 heterocycles. The van der Waals surface area contributed by atoms with E-state index in [2.05, 4.69) is 40.7 Å². The molecule has 0 fully saturated rings. The second-order valence-electron chi connectivity index (χ2n) is 5.19. The molecule has 0 saturated carbocycles. The lowest BCUT2D eigenvalue weighted by atomic mass is 10.1. The highest BCUT2D eigenvalue weighted by atomic mass is 32.1. The van der Waals surface area contributed by atoms with Crippen LogP contribution in [0.4, 0.5) is 4.79 Å². The lowest BCUT2D eigenvalue weighted by molar-refractivity contribution is 0.238. The third kappa shape index (κ3) is 4.86. The zero-order valence-electron chi connectivity index (χ0n) is 12.6. The molecule has 4 nitrogen and oxygen atoms in total. The maximum Gasteiger partial charge on any atom is 0.315 e. The van der Waals surface area contributed by atoms with E-state index in [1.54, 1.807) is 11.3 Å². The van der Waals surface area contributed by atoms with Crippen LogP contribution in [0.5, 0.6) is 0 Å². The molecule has 2 aromatic rings. The monoisotopic (exact) mass is 303 g/mol. The Morgan fingerprint density at radius 2 is 2.19 bits per heavy atom. The van der Waals surface area contributed by atoms with Gasteiger partial charge in [-0.15, -0.1) is 11.3 Å². The van der Waals surface area contributed by atoms with Crippen LogP contribution in [0.3, 0.4) is 0 Å². The summed E-state index contributed by atoms with van der Waals surface area (Å²) in [7, 11) is 0. The zero-order chi connectivity index (χ0) is 15.2. The molecule has 1 atom stereocenters. The molecule has 0 aliphatic carbocycles. The Bertz CT molecular complexity index is 609. The van der Waals surface area contributed by atoms with E-state index in [1.807, 2.05) is 25.3 Å². The van der Waals surface area contributed by atoms with Crippen LogP contribution in [-0.2, 0) is 6.42 Å². The largest absolute Gasteiger partial charge is 0.338 e. The van der Waals surface area contributed by atoms with Gasteiger partial charge >= 0.3 is 6.03 Å². The van der Waals surface area contributed by atoms with E-state index in [0.29, 0.717) is 6.54 Å². The Hall–Kier alpha value is -1.88. The van der Waals surface area contributed by atoms with E-state index >= 15 is 0 Å². The van der Waals surface area contributed by atoms with Crippen LogP contribution < -0.4 is 10.6 Å². The van der Waals surface area contributed by atoms with Gasteiger partial charge in [0.25, 0.3) is 0 Å². The summed E-state index contributed by atoms with van der Waals surface area (Å²) in [4.78, 5) is 16.2. The summed E-state index contributed by atoms with van der Waals surface area (Å²) in [6.45, 7) is 6.59. The van der Waals surface area contributed by atoms with Gasteiger partial charge < -0.3 is 10.6 Å². The molecule has 2 rings (SSSR count). The number of carbonyl (C=O) groups is 1. The van der Waals surface area contributed by atoms with Crippen LogP contribution in [-0.4, -0.2) is 17.6 Å². The van der Waals surface area contributed by atoms with Crippen LogP contribution in [0, 0.1) is 13.8 Å². The summed E-state index contributed by atoms with van der Waals surface area (Å²) in [5, 5.41) is 8.71. The van der Waals surface area contributed by atoms with Gasteiger partial charge in [0.2, 0.25) is 0 Å². The SMILES string of the molecule is Cc1cccc(CCNC(=O)NC(C)c2nc(C)cs2)c1. The van der Waals surface area contributed by atoms with Crippen molar-refractivity contribution in [2.75, 3.05) is 6.54 Å². The van der Waals surface area contributed by atoms with Crippen molar-refractivity contribution < 1.29 is 4.79 Å². The number of hydrogen-bond donors (Lipinski definition) is 2. The molecule has 0 saturated heterocycles. The van der Waals surface area contributed by atoms with E-state index in [4.69, 9.17) is 0 Å². The molecule has 1 unspecified atom stereocenters. The van der Waals surface area contributed by atoms with Crippen molar-refractivity contribution in [2.24, 2.45) is 0 Å². The third-order valence-corrected chi connectivity index (χ3v) is 4.28. The molecular formula is C16H21N3OS. The van der Waals surface area contributed by atoms with E-state index in [0.717, 1.165) is 17.1 Å². The van der Waals surface area contributed by atoms with Crippen LogP contribution >= 0.6 is 11.3 Å². The summed E-state index contributed by atoms with van der Waals surface area (Å²) in [5.74, 6) is 0. The number of benzene rings is 1. The molecule has 2 N–H and O–H groups in total. The average Bonchev–Trinajstić information content (AvgIpc) is 2.85. The number of carbonyl (C=O) groups excluding carboxylic acids is 1. The number of rotatable bonds is 5. The minimum atomic E-state index is -0.150. The van der Waals surface area contributed by atoms with Crippen LogP contribution in [0.1, 0.15) is 34.8 Å².